The Hall–Kier alpha value is -1.26. The Morgan fingerprint density at radius 2 is 2.20 bits per heavy atom. The van der Waals surface area contributed by atoms with E-state index < -0.39 is 0 Å². The minimum absolute atomic E-state index is 0.0163. The Labute approximate surface area is 124 Å². The van der Waals surface area contributed by atoms with E-state index in [0.29, 0.717) is 5.02 Å². The third kappa shape index (κ3) is 2.27. The van der Waals surface area contributed by atoms with Crippen LogP contribution in [-0.4, -0.2) is 26.5 Å². The van der Waals surface area contributed by atoms with Crippen molar-refractivity contribution in [3.8, 4) is 0 Å². The lowest BCUT2D eigenvalue weighted by Crippen LogP contribution is -2.29. The van der Waals surface area contributed by atoms with Gasteiger partial charge in [0.1, 0.15) is 6.04 Å². The molecule has 1 aromatic carbocycles. The lowest BCUT2D eigenvalue weighted by atomic mass is 9.85. The van der Waals surface area contributed by atoms with Crippen molar-refractivity contribution in [1.29, 1.82) is 0 Å². The topological polar surface area (TPSA) is 44.4 Å². The fraction of sp³-hybridized carbons (Fsp3) is 0.533. The molecular formula is C15H20ClN3O. The SMILES string of the molecule is CNC1C(=O)Nc2cc(N(C)CC3CCC3)c(Cl)cc21. The summed E-state index contributed by atoms with van der Waals surface area (Å²) in [4.78, 5) is 14.1. The zero-order chi connectivity index (χ0) is 14.3. The van der Waals surface area contributed by atoms with Gasteiger partial charge < -0.3 is 15.5 Å². The summed E-state index contributed by atoms with van der Waals surface area (Å²) in [5.41, 5.74) is 2.80. The first-order valence-electron chi connectivity index (χ1n) is 7.13. The quantitative estimate of drug-likeness (QED) is 0.897. The molecule has 2 N–H and O–H groups in total. The van der Waals surface area contributed by atoms with Crippen molar-refractivity contribution < 1.29 is 4.79 Å². The van der Waals surface area contributed by atoms with Crippen molar-refractivity contribution in [3.63, 3.8) is 0 Å². The first kappa shape index (κ1) is 13.7. The fourth-order valence-electron chi connectivity index (χ4n) is 3.01. The number of halogens is 1. The molecule has 1 saturated carbocycles. The molecule has 4 nitrogen and oxygen atoms in total. The average molecular weight is 294 g/mol. The fourth-order valence-corrected chi connectivity index (χ4v) is 3.33. The summed E-state index contributed by atoms with van der Waals surface area (Å²) >= 11 is 6.41. The molecule has 0 aromatic heterocycles. The van der Waals surface area contributed by atoms with E-state index >= 15 is 0 Å². The second kappa shape index (κ2) is 5.26. The zero-order valence-electron chi connectivity index (χ0n) is 11.9. The van der Waals surface area contributed by atoms with E-state index in [2.05, 4.69) is 22.6 Å². The van der Waals surface area contributed by atoms with Gasteiger partial charge in [-0.25, -0.2) is 0 Å². The van der Waals surface area contributed by atoms with E-state index in [1.807, 2.05) is 12.1 Å². The van der Waals surface area contributed by atoms with Crippen LogP contribution in [0.15, 0.2) is 12.1 Å². The van der Waals surface area contributed by atoms with Crippen molar-refractivity contribution in [3.05, 3.63) is 22.7 Å². The van der Waals surface area contributed by atoms with Crippen LogP contribution in [0.5, 0.6) is 0 Å². The molecule has 1 atom stereocenters. The van der Waals surface area contributed by atoms with Crippen molar-refractivity contribution in [2.75, 3.05) is 30.9 Å². The second-order valence-corrected chi connectivity index (χ2v) is 6.19. The number of fused-ring (bicyclic) bond motifs is 1. The molecule has 1 aliphatic carbocycles. The summed E-state index contributed by atoms with van der Waals surface area (Å²) in [5.74, 6) is 0.765. The summed E-state index contributed by atoms with van der Waals surface area (Å²) in [6.07, 6.45) is 3.97. The van der Waals surface area contributed by atoms with Gasteiger partial charge in [-0.05, 0) is 37.9 Å². The molecule has 1 aliphatic heterocycles. The number of amides is 1. The second-order valence-electron chi connectivity index (χ2n) is 5.78. The smallest absolute Gasteiger partial charge is 0.246 e. The minimum atomic E-state index is -0.298. The Kier molecular flexibility index (Phi) is 3.61. The molecule has 0 radical (unpaired) electrons. The van der Waals surface area contributed by atoms with E-state index in [9.17, 15) is 4.79 Å². The van der Waals surface area contributed by atoms with Crippen LogP contribution in [0.2, 0.25) is 5.02 Å². The Morgan fingerprint density at radius 3 is 2.80 bits per heavy atom. The van der Waals surface area contributed by atoms with Gasteiger partial charge in [0.25, 0.3) is 0 Å². The van der Waals surface area contributed by atoms with Crippen LogP contribution in [0.25, 0.3) is 0 Å². The van der Waals surface area contributed by atoms with Gasteiger partial charge in [0.2, 0.25) is 5.91 Å². The molecule has 5 heteroatoms. The highest BCUT2D eigenvalue weighted by atomic mass is 35.5. The lowest BCUT2D eigenvalue weighted by Gasteiger charge is -2.32. The summed E-state index contributed by atoms with van der Waals surface area (Å²) in [7, 11) is 3.85. The lowest BCUT2D eigenvalue weighted by molar-refractivity contribution is -0.117. The van der Waals surface area contributed by atoms with Crippen LogP contribution in [0.3, 0.4) is 0 Å². The maximum absolute atomic E-state index is 11.9. The van der Waals surface area contributed by atoms with Crippen LogP contribution in [0.4, 0.5) is 11.4 Å². The number of hydrogen-bond donors (Lipinski definition) is 2. The van der Waals surface area contributed by atoms with Gasteiger partial charge in [0.05, 0.1) is 10.7 Å². The summed E-state index contributed by atoms with van der Waals surface area (Å²) < 4.78 is 0. The standard InChI is InChI=1S/C15H20ClN3O/c1-17-14-10-6-11(16)13(7-12(10)18-15(14)20)19(2)8-9-4-3-5-9/h6-7,9,14,17H,3-5,8H2,1-2H3,(H,18,20). The maximum atomic E-state index is 11.9. The average Bonchev–Trinajstić information content (AvgIpc) is 2.67. The first-order valence-corrected chi connectivity index (χ1v) is 7.50. The van der Waals surface area contributed by atoms with Crippen LogP contribution in [0, 0.1) is 5.92 Å². The zero-order valence-corrected chi connectivity index (χ0v) is 12.6. The monoisotopic (exact) mass is 293 g/mol. The summed E-state index contributed by atoms with van der Waals surface area (Å²) in [5, 5.41) is 6.64. The molecule has 2 aliphatic rings. The van der Waals surface area contributed by atoms with E-state index in [-0.39, 0.29) is 11.9 Å². The third-order valence-electron chi connectivity index (χ3n) is 4.41. The highest BCUT2D eigenvalue weighted by Crippen LogP contribution is 2.39. The van der Waals surface area contributed by atoms with Gasteiger partial charge in [-0.1, -0.05) is 18.0 Å². The number of likely N-dealkylation sites (N-methyl/N-ethyl adjacent to an activating group) is 1. The molecule has 3 rings (SSSR count). The molecule has 1 fully saturated rings. The Bertz CT molecular complexity index is 542. The van der Waals surface area contributed by atoms with Gasteiger partial charge in [-0.2, -0.15) is 0 Å². The molecule has 108 valence electrons. The number of anilines is 2. The number of carbonyl (C=O) groups excluding carboxylic acids is 1. The van der Waals surface area contributed by atoms with Gasteiger partial charge in [-0.15, -0.1) is 0 Å². The van der Waals surface area contributed by atoms with Gasteiger partial charge in [0, 0.05) is 24.8 Å². The van der Waals surface area contributed by atoms with Crippen LogP contribution in [0.1, 0.15) is 30.9 Å². The van der Waals surface area contributed by atoms with E-state index in [1.165, 1.54) is 19.3 Å². The van der Waals surface area contributed by atoms with Crippen molar-refractivity contribution in [2.24, 2.45) is 5.92 Å². The number of carbonyl (C=O) groups is 1. The van der Waals surface area contributed by atoms with Gasteiger partial charge >= 0.3 is 0 Å². The highest BCUT2D eigenvalue weighted by Gasteiger charge is 2.31. The number of hydrogen-bond acceptors (Lipinski definition) is 3. The van der Waals surface area contributed by atoms with Crippen molar-refractivity contribution >= 4 is 28.9 Å². The number of rotatable bonds is 4. The van der Waals surface area contributed by atoms with E-state index in [4.69, 9.17) is 11.6 Å². The van der Waals surface area contributed by atoms with Crippen molar-refractivity contribution in [2.45, 2.75) is 25.3 Å². The molecular weight excluding hydrogens is 274 g/mol. The largest absolute Gasteiger partial charge is 0.373 e. The van der Waals surface area contributed by atoms with Gasteiger partial charge in [-0.3, -0.25) is 4.79 Å². The molecule has 0 spiro atoms. The van der Waals surface area contributed by atoms with Crippen LogP contribution >= 0.6 is 11.6 Å². The molecule has 0 saturated heterocycles. The first-order chi connectivity index (χ1) is 9.60. The summed E-state index contributed by atoms with van der Waals surface area (Å²) in [6, 6.07) is 3.60. The highest BCUT2D eigenvalue weighted by molar-refractivity contribution is 6.33. The Morgan fingerprint density at radius 1 is 1.45 bits per heavy atom. The molecule has 1 heterocycles. The van der Waals surface area contributed by atoms with Crippen LogP contribution < -0.4 is 15.5 Å². The summed E-state index contributed by atoms with van der Waals surface area (Å²) in [6.45, 7) is 1.03. The van der Waals surface area contributed by atoms with Gasteiger partial charge in [0.15, 0.2) is 0 Å². The van der Waals surface area contributed by atoms with E-state index in [0.717, 1.165) is 29.4 Å². The van der Waals surface area contributed by atoms with E-state index in [1.54, 1.807) is 7.05 Å². The number of nitrogens with zero attached hydrogens (tertiary/aromatic N) is 1. The molecule has 1 aromatic rings. The minimum Gasteiger partial charge on any atom is -0.373 e. The number of nitrogens with one attached hydrogen (secondary N) is 2. The Balaban J connectivity index is 1.86. The molecule has 1 unspecified atom stereocenters. The molecule has 1 amide bonds. The molecule has 20 heavy (non-hydrogen) atoms. The maximum Gasteiger partial charge on any atom is 0.246 e. The normalized spacial score (nSPS) is 21.4. The predicted molar refractivity (Wildman–Crippen MR) is 82.5 cm³/mol. The third-order valence-corrected chi connectivity index (χ3v) is 4.71. The predicted octanol–water partition coefficient (Wildman–Crippen LogP) is 2.79. The number of benzene rings is 1. The van der Waals surface area contributed by atoms with Crippen molar-refractivity contribution in [1.82, 2.24) is 5.32 Å². The van der Waals surface area contributed by atoms with Crippen LogP contribution in [-0.2, 0) is 4.79 Å². The molecule has 0 bridgehead atoms.